The second-order valence-electron chi connectivity index (χ2n) is 4.11. The maximum absolute atomic E-state index is 5.64. The van der Waals surface area contributed by atoms with Crippen LogP contribution in [0.1, 0.15) is 55.8 Å². The number of nitrogens with two attached hydrogens (primary N) is 1. The normalized spacial score (nSPS) is 19.5. The largest absolute Gasteiger partial charge is 0.361 e. The third-order valence-electron chi connectivity index (χ3n) is 3.12. The fourth-order valence-electron chi connectivity index (χ4n) is 2.30. The first kappa shape index (κ1) is 9.71. The third-order valence-corrected chi connectivity index (χ3v) is 3.12. The summed E-state index contributed by atoms with van der Waals surface area (Å²) in [6, 6.07) is 0. The topological polar surface area (TPSA) is 52.0 Å². The van der Waals surface area contributed by atoms with Crippen LogP contribution in [0, 0.1) is 0 Å². The Morgan fingerprint density at radius 2 is 2.00 bits per heavy atom. The number of hydrogen-bond acceptors (Lipinski definition) is 3. The predicted molar refractivity (Wildman–Crippen MR) is 54.8 cm³/mol. The van der Waals surface area contributed by atoms with E-state index in [2.05, 4.69) is 5.16 Å². The Bertz CT molecular complexity index is 275. The van der Waals surface area contributed by atoms with Crippen LogP contribution < -0.4 is 5.73 Å². The van der Waals surface area contributed by atoms with Crippen LogP contribution >= 0.6 is 0 Å². The van der Waals surface area contributed by atoms with E-state index >= 15 is 0 Å². The molecule has 0 aromatic carbocycles. The molecule has 0 radical (unpaired) electrons. The fraction of sp³-hybridized carbons (Fsp3) is 0.727. The molecule has 0 spiro atoms. The number of nitrogens with zero attached hydrogens (tertiary/aromatic N) is 1. The van der Waals surface area contributed by atoms with Crippen molar-refractivity contribution < 1.29 is 4.52 Å². The Balaban J connectivity index is 2.11. The van der Waals surface area contributed by atoms with Crippen molar-refractivity contribution in [3.05, 3.63) is 17.5 Å². The molecule has 0 aliphatic heterocycles. The number of aromatic nitrogens is 1. The minimum Gasteiger partial charge on any atom is -0.361 e. The standard InChI is InChI=1S/C11H18N2O/c12-7-10-8-13-14-11(10)9-5-3-1-2-4-6-9/h8-9H,1-7,12H2. The molecule has 0 saturated heterocycles. The van der Waals surface area contributed by atoms with Crippen molar-refractivity contribution in [3.8, 4) is 0 Å². The summed E-state index contributed by atoms with van der Waals surface area (Å²) in [7, 11) is 0. The maximum atomic E-state index is 5.64. The fourth-order valence-corrected chi connectivity index (χ4v) is 2.30. The quantitative estimate of drug-likeness (QED) is 0.736. The van der Waals surface area contributed by atoms with E-state index in [0.29, 0.717) is 12.5 Å². The van der Waals surface area contributed by atoms with Crippen molar-refractivity contribution in [1.29, 1.82) is 0 Å². The van der Waals surface area contributed by atoms with Crippen LogP contribution in [0.3, 0.4) is 0 Å². The molecule has 78 valence electrons. The van der Waals surface area contributed by atoms with Crippen molar-refractivity contribution in [1.82, 2.24) is 5.16 Å². The number of hydrogen-bond donors (Lipinski definition) is 1. The second kappa shape index (κ2) is 4.60. The zero-order chi connectivity index (χ0) is 9.80. The lowest BCUT2D eigenvalue weighted by atomic mass is 9.95. The van der Waals surface area contributed by atoms with Gasteiger partial charge in [0.1, 0.15) is 5.76 Å². The van der Waals surface area contributed by atoms with Crippen molar-refractivity contribution in [3.63, 3.8) is 0 Å². The van der Waals surface area contributed by atoms with Crippen LogP contribution in [-0.4, -0.2) is 5.16 Å². The van der Waals surface area contributed by atoms with Gasteiger partial charge in [-0.2, -0.15) is 0 Å². The van der Waals surface area contributed by atoms with Crippen LogP contribution in [0.2, 0.25) is 0 Å². The lowest BCUT2D eigenvalue weighted by Gasteiger charge is -2.11. The highest BCUT2D eigenvalue weighted by molar-refractivity contribution is 5.17. The van der Waals surface area contributed by atoms with Gasteiger partial charge in [-0.05, 0) is 12.8 Å². The van der Waals surface area contributed by atoms with Gasteiger partial charge in [-0.25, -0.2) is 0 Å². The van der Waals surface area contributed by atoms with E-state index in [1.54, 1.807) is 6.20 Å². The third kappa shape index (κ3) is 1.98. The first-order valence-electron chi connectivity index (χ1n) is 5.55. The molecule has 3 heteroatoms. The second-order valence-corrected chi connectivity index (χ2v) is 4.11. The summed E-state index contributed by atoms with van der Waals surface area (Å²) in [5.74, 6) is 1.62. The first-order valence-corrected chi connectivity index (χ1v) is 5.55. The Kier molecular flexibility index (Phi) is 3.19. The minimum absolute atomic E-state index is 0.551. The molecule has 0 bridgehead atoms. The smallest absolute Gasteiger partial charge is 0.144 e. The molecule has 1 fully saturated rings. The molecule has 0 amide bonds. The highest BCUT2D eigenvalue weighted by Crippen LogP contribution is 2.33. The van der Waals surface area contributed by atoms with Crippen LogP contribution in [0.25, 0.3) is 0 Å². The molecule has 1 heterocycles. The van der Waals surface area contributed by atoms with Crippen LogP contribution in [0.5, 0.6) is 0 Å². The van der Waals surface area contributed by atoms with Gasteiger partial charge in [-0.1, -0.05) is 30.8 Å². The van der Waals surface area contributed by atoms with Crippen LogP contribution in [0.15, 0.2) is 10.7 Å². The highest BCUT2D eigenvalue weighted by Gasteiger charge is 2.20. The summed E-state index contributed by atoms with van der Waals surface area (Å²) < 4.78 is 5.32. The molecule has 1 saturated carbocycles. The van der Waals surface area contributed by atoms with Gasteiger partial charge >= 0.3 is 0 Å². The van der Waals surface area contributed by atoms with Gasteiger partial charge in [0.05, 0.1) is 6.20 Å². The van der Waals surface area contributed by atoms with Crippen molar-refractivity contribution in [2.24, 2.45) is 5.73 Å². The molecule has 3 nitrogen and oxygen atoms in total. The van der Waals surface area contributed by atoms with E-state index in [9.17, 15) is 0 Å². The maximum Gasteiger partial charge on any atom is 0.144 e. The molecule has 1 aromatic rings. The van der Waals surface area contributed by atoms with Gasteiger partial charge in [0, 0.05) is 18.0 Å². The van der Waals surface area contributed by atoms with Crippen LogP contribution in [-0.2, 0) is 6.54 Å². The van der Waals surface area contributed by atoms with Gasteiger partial charge in [-0.15, -0.1) is 0 Å². The van der Waals surface area contributed by atoms with E-state index in [-0.39, 0.29) is 0 Å². The Hall–Kier alpha value is -0.830. The summed E-state index contributed by atoms with van der Waals surface area (Å²) in [5, 5.41) is 3.84. The van der Waals surface area contributed by atoms with Gasteiger partial charge in [-0.3, -0.25) is 0 Å². The molecule has 14 heavy (non-hydrogen) atoms. The number of rotatable bonds is 2. The Morgan fingerprint density at radius 1 is 1.29 bits per heavy atom. The highest BCUT2D eigenvalue weighted by atomic mass is 16.5. The summed E-state index contributed by atoms with van der Waals surface area (Å²) in [6.07, 6.45) is 9.60. The summed E-state index contributed by atoms with van der Waals surface area (Å²) in [4.78, 5) is 0. The zero-order valence-corrected chi connectivity index (χ0v) is 8.54. The van der Waals surface area contributed by atoms with Gasteiger partial charge in [0.15, 0.2) is 0 Å². The monoisotopic (exact) mass is 194 g/mol. The molecule has 1 aliphatic carbocycles. The van der Waals surface area contributed by atoms with Crippen molar-refractivity contribution >= 4 is 0 Å². The van der Waals surface area contributed by atoms with Gasteiger partial charge in [0.2, 0.25) is 0 Å². The Morgan fingerprint density at radius 3 is 2.64 bits per heavy atom. The summed E-state index contributed by atoms with van der Waals surface area (Å²) in [6.45, 7) is 0.551. The van der Waals surface area contributed by atoms with E-state index in [1.165, 1.54) is 38.5 Å². The van der Waals surface area contributed by atoms with E-state index < -0.39 is 0 Å². The summed E-state index contributed by atoms with van der Waals surface area (Å²) in [5.41, 5.74) is 6.74. The molecule has 1 aromatic heterocycles. The molecular formula is C11H18N2O. The van der Waals surface area contributed by atoms with E-state index in [1.807, 2.05) is 0 Å². The molecule has 2 rings (SSSR count). The molecular weight excluding hydrogens is 176 g/mol. The minimum atomic E-state index is 0.551. The van der Waals surface area contributed by atoms with E-state index in [0.717, 1.165) is 11.3 Å². The van der Waals surface area contributed by atoms with Crippen molar-refractivity contribution in [2.45, 2.75) is 51.0 Å². The molecule has 0 atom stereocenters. The van der Waals surface area contributed by atoms with Gasteiger partial charge < -0.3 is 10.3 Å². The van der Waals surface area contributed by atoms with Crippen molar-refractivity contribution in [2.75, 3.05) is 0 Å². The average molecular weight is 194 g/mol. The summed E-state index contributed by atoms with van der Waals surface area (Å²) >= 11 is 0. The van der Waals surface area contributed by atoms with Gasteiger partial charge in [0.25, 0.3) is 0 Å². The SMILES string of the molecule is NCc1cnoc1C1CCCCCC1. The average Bonchev–Trinajstić information content (AvgIpc) is 2.52. The zero-order valence-electron chi connectivity index (χ0n) is 8.54. The molecule has 1 aliphatic rings. The van der Waals surface area contributed by atoms with E-state index in [4.69, 9.17) is 10.3 Å². The first-order chi connectivity index (χ1) is 6.92. The Labute approximate surface area is 84.7 Å². The van der Waals surface area contributed by atoms with Crippen LogP contribution in [0.4, 0.5) is 0 Å². The lowest BCUT2D eigenvalue weighted by Crippen LogP contribution is -2.03. The lowest BCUT2D eigenvalue weighted by molar-refractivity contribution is 0.345. The predicted octanol–water partition coefficient (Wildman–Crippen LogP) is 2.57. The molecule has 2 N–H and O–H groups in total. The molecule has 0 unspecified atom stereocenters.